The molecule has 0 heterocycles. The number of primary amides is 1. The number of hydrogen-bond acceptors (Lipinski definition) is 2. The Morgan fingerprint density at radius 2 is 1.86 bits per heavy atom. The summed E-state index contributed by atoms with van der Waals surface area (Å²) in [7, 11) is 0. The maximum atomic E-state index is 11.1. The highest BCUT2D eigenvalue weighted by atomic mass is 35.5. The van der Waals surface area contributed by atoms with Crippen LogP contribution in [0.2, 0.25) is 0 Å². The lowest BCUT2D eigenvalue weighted by Crippen LogP contribution is -2.35. The lowest BCUT2D eigenvalue weighted by Gasteiger charge is -2.18. The van der Waals surface area contributed by atoms with Gasteiger partial charge in [0.25, 0.3) is 0 Å². The van der Waals surface area contributed by atoms with Crippen LogP contribution < -0.4 is 11.1 Å². The van der Waals surface area contributed by atoms with Crippen LogP contribution in [0.1, 0.15) is 37.7 Å². The van der Waals surface area contributed by atoms with Crippen molar-refractivity contribution >= 4 is 30.3 Å². The van der Waals surface area contributed by atoms with Crippen LogP contribution in [-0.2, 0) is 0 Å². The maximum absolute atomic E-state index is 11.1. The maximum Gasteiger partial charge on any atom is 0.317 e. The Labute approximate surface area is 131 Å². The predicted octanol–water partition coefficient (Wildman–Crippen LogP) is 3.52. The number of nitrogens with zero attached hydrogens (tertiary/aromatic N) is 1. The first kappa shape index (κ1) is 17.2. The number of carbonyl (C=O) groups excluding carboxylic acids is 1. The molecule has 0 saturated heterocycles. The van der Waals surface area contributed by atoms with Crippen molar-refractivity contribution in [2.24, 2.45) is 10.7 Å². The van der Waals surface area contributed by atoms with E-state index in [0.29, 0.717) is 11.9 Å². The normalized spacial score (nSPS) is 16.5. The van der Waals surface area contributed by atoms with Gasteiger partial charge in [0.1, 0.15) is 5.84 Å². The van der Waals surface area contributed by atoms with Crippen molar-refractivity contribution in [2.75, 3.05) is 0 Å². The largest absolute Gasteiger partial charge is 0.351 e. The molecule has 4 nitrogen and oxygen atoms in total. The van der Waals surface area contributed by atoms with E-state index in [1.165, 1.54) is 19.3 Å². The molecule has 114 valence electrons. The second-order valence-corrected chi connectivity index (χ2v) is 5.04. The quantitative estimate of drug-likeness (QED) is 0.651. The van der Waals surface area contributed by atoms with Crippen molar-refractivity contribution in [3.8, 4) is 0 Å². The van der Waals surface area contributed by atoms with Crippen molar-refractivity contribution in [1.29, 1.82) is 0 Å². The number of aliphatic imine (C=N–C) groups is 1. The van der Waals surface area contributed by atoms with Crippen molar-refractivity contribution in [2.45, 2.75) is 38.1 Å². The molecule has 0 bridgehead atoms. The van der Waals surface area contributed by atoms with Crippen molar-refractivity contribution < 1.29 is 4.79 Å². The lowest BCUT2D eigenvalue weighted by atomic mass is 9.96. The van der Waals surface area contributed by atoms with Gasteiger partial charge < -0.3 is 5.73 Å². The van der Waals surface area contributed by atoms with E-state index in [9.17, 15) is 4.79 Å². The molecule has 0 atom stereocenters. The third kappa shape index (κ3) is 6.45. The van der Waals surface area contributed by atoms with E-state index in [0.717, 1.165) is 18.4 Å². The van der Waals surface area contributed by atoms with E-state index in [1.807, 2.05) is 42.5 Å². The van der Waals surface area contributed by atoms with E-state index in [1.54, 1.807) is 0 Å². The Morgan fingerprint density at radius 1 is 1.19 bits per heavy atom. The number of nitrogens with one attached hydrogen (secondary N) is 1. The summed E-state index contributed by atoms with van der Waals surface area (Å²) in [6, 6.07) is 9.63. The van der Waals surface area contributed by atoms with Crippen molar-refractivity contribution in [3.05, 3.63) is 42.0 Å². The van der Waals surface area contributed by atoms with Crippen LogP contribution in [0, 0.1) is 0 Å². The molecular weight excluding hydrogens is 286 g/mol. The highest BCUT2D eigenvalue weighted by Gasteiger charge is 2.12. The molecule has 2 amide bonds. The summed E-state index contributed by atoms with van der Waals surface area (Å²) in [5, 5.41) is 2.60. The van der Waals surface area contributed by atoms with Crippen LogP contribution in [0.25, 0.3) is 6.08 Å². The second-order valence-electron chi connectivity index (χ2n) is 5.04. The number of carbonyl (C=O) groups is 1. The fourth-order valence-corrected chi connectivity index (χ4v) is 2.39. The predicted molar refractivity (Wildman–Crippen MR) is 89.8 cm³/mol. The molecule has 1 aromatic rings. The molecule has 3 N–H and O–H groups in total. The number of urea groups is 1. The number of amides is 2. The van der Waals surface area contributed by atoms with Crippen LogP contribution in [0.15, 0.2) is 41.4 Å². The highest BCUT2D eigenvalue weighted by molar-refractivity contribution is 6.05. The van der Waals surface area contributed by atoms with Crippen LogP contribution in [0.5, 0.6) is 0 Å². The van der Waals surface area contributed by atoms with Crippen LogP contribution in [0.3, 0.4) is 0 Å². The summed E-state index contributed by atoms with van der Waals surface area (Å²) >= 11 is 0. The summed E-state index contributed by atoms with van der Waals surface area (Å²) in [5.74, 6) is 0.549. The number of amidine groups is 1. The lowest BCUT2D eigenvalue weighted by molar-refractivity contribution is 0.253. The van der Waals surface area contributed by atoms with Gasteiger partial charge in [-0.15, -0.1) is 12.4 Å². The smallest absolute Gasteiger partial charge is 0.317 e. The number of nitrogens with two attached hydrogens (primary N) is 1. The molecule has 1 aromatic carbocycles. The fourth-order valence-electron chi connectivity index (χ4n) is 2.39. The van der Waals surface area contributed by atoms with Gasteiger partial charge >= 0.3 is 6.03 Å². The number of rotatable bonds is 3. The molecule has 0 aliphatic heterocycles. The Morgan fingerprint density at radius 3 is 2.48 bits per heavy atom. The minimum absolute atomic E-state index is 0. The first-order valence-electron chi connectivity index (χ1n) is 7.11. The molecule has 2 rings (SSSR count). The Bertz CT molecular complexity index is 494. The Balaban J connectivity index is 0.00000220. The van der Waals surface area contributed by atoms with E-state index < -0.39 is 6.03 Å². The molecule has 0 radical (unpaired) electrons. The average Bonchev–Trinajstić information content (AvgIpc) is 2.46. The van der Waals surface area contributed by atoms with E-state index in [-0.39, 0.29) is 12.4 Å². The molecule has 0 aromatic heterocycles. The van der Waals surface area contributed by atoms with Crippen molar-refractivity contribution in [1.82, 2.24) is 5.32 Å². The van der Waals surface area contributed by atoms with Crippen LogP contribution in [-0.4, -0.2) is 17.9 Å². The van der Waals surface area contributed by atoms with Crippen LogP contribution in [0.4, 0.5) is 4.79 Å². The molecule has 1 fully saturated rings. The Kier molecular flexibility index (Phi) is 7.54. The Hall–Kier alpha value is -1.81. The van der Waals surface area contributed by atoms with E-state index >= 15 is 0 Å². The molecule has 0 spiro atoms. The molecule has 5 heteroatoms. The van der Waals surface area contributed by atoms with Gasteiger partial charge in [-0.05, 0) is 24.5 Å². The zero-order valence-electron chi connectivity index (χ0n) is 12.0. The van der Waals surface area contributed by atoms with Crippen molar-refractivity contribution in [3.63, 3.8) is 0 Å². The summed E-state index contributed by atoms with van der Waals surface area (Å²) in [6.45, 7) is 0. The minimum atomic E-state index is -0.572. The summed E-state index contributed by atoms with van der Waals surface area (Å²) in [6.07, 6.45) is 9.61. The number of benzene rings is 1. The molecular formula is C16H22ClN3O. The van der Waals surface area contributed by atoms with Gasteiger partial charge in [-0.25, -0.2) is 4.79 Å². The van der Waals surface area contributed by atoms with E-state index in [2.05, 4.69) is 10.3 Å². The van der Waals surface area contributed by atoms with Gasteiger partial charge in [0.2, 0.25) is 0 Å². The zero-order valence-corrected chi connectivity index (χ0v) is 12.8. The monoisotopic (exact) mass is 307 g/mol. The summed E-state index contributed by atoms with van der Waals surface area (Å²) in [5.41, 5.74) is 6.27. The summed E-state index contributed by atoms with van der Waals surface area (Å²) in [4.78, 5) is 15.7. The fraction of sp³-hybridized carbons (Fsp3) is 0.375. The number of halogens is 1. The highest BCUT2D eigenvalue weighted by Crippen LogP contribution is 2.20. The van der Waals surface area contributed by atoms with Gasteiger partial charge in [-0.3, -0.25) is 10.3 Å². The second kappa shape index (κ2) is 9.19. The third-order valence-electron chi connectivity index (χ3n) is 3.38. The van der Waals surface area contributed by atoms with Gasteiger partial charge in [0.05, 0.1) is 6.04 Å². The third-order valence-corrected chi connectivity index (χ3v) is 3.38. The molecule has 0 unspecified atom stereocenters. The molecule has 1 saturated carbocycles. The topological polar surface area (TPSA) is 67.5 Å². The minimum Gasteiger partial charge on any atom is -0.351 e. The van der Waals surface area contributed by atoms with Gasteiger partial charge in [-0.2, -0.15) is 0 Å². The molecule has 1 aliphatic carbocycles. The first-order chi connectivity index (χ1) is 9.74. The zero-order chi connectivity index (χ0) is 14.2. The standard InChI is InChI=1S/C16H21N3O.ClH/c17-16(20)19-15(18-14-9-5-2-6-10-14)12-11-13-7-3-1-4-8-13;/h1,3-4,7-8,11-12,14H,2,5-6,9-10H2,(H3,17,18,19,20);1H. The van der Waals surface area contributed by atoms with E-state index in [4.69, 9.17) is 5.73 Å². The molecule has 1 aliphatic rings. The van der Waals surface area contributed by atoms with Gasteiger partial charge in [-0.1, -0.05) is 55.7 Å². The molecule has 21 heavy (non-hydrogen) atoms. The SMILES string of the molecule is Cl.NC(=O)NC(C=Cc1ccccc1)=NC1CCCCC1. The van der Waals surface area contributed by atoms with Gasteiger partial charge in [0, 0.05) is 0 Å². The average molecular weight is 308 g/mol. The first-order valence-corrected chi connectivity index (χ1v) is 7.11. The number of hydrogen-bond donors (Lipinski definition) is 2. The summed E-state index contributed by atoms with van der Waals surface area (Å²) < 4.78 is 0. The van der Waals surface area contributed by atoms with Gasteiger partial charge in [0.15, 0.2) is 0 Å². The van der Waals surface area contributed by atoms with Crippen LogP contribution >= 0.6 is 12.4 Å².